The van der Waals surface area contributed by atoms with Gasteiger partial charge in [0.25, 0.3) is 11.6 Å². The molecule has 3 rings (SSSR count). The number of sulfonamides is 1. The van der Waals surface area contributed by atoms with Gasteiger partial charge in [0.1, 0.15) is 5.56 Å². The second kappa shape index (κ2) is 8.48. The lowest BCUT2D eigenvalue weighted by Gasteiger charge is -2.25. The van der Waals surface area contributed by atoms with Gasteiger partial charge in [0.2, 0.25) is 10.0 Å². The molecule has 2 aromatic rings. The molecule has 11 heteroatoms. The standard InChI is InChI=1S/C17H16ClN3O5S2/c18-12-1-6-16(21(23)24)15(11-12)17(22)19-13-2-4-14(5-3-13)28(25,26)20-7-9-27-10-8-20/h1-6,11H,7-10H2,(H,19,22). The lowest BCUT2D eigenvalue weighted by atomic mass is 10.1. The summed E-state index contributed by atoms with van der Waals surface area (Å²) < 4.78 is 26.7. The topological polar surface area (TPSA) is 110 Å². The van der Waals surface area contributed by atoms with Crippen LogP contribution in [0.25, 0.3) is 0 Å². The zero-order chi connectivity index (χ0) is 20.3. The van der Waals surface area contributed by atoms with Gasteiger partial charge >= 0.3 is 0 Å². The molecular weight excluding hydrogens is 426 g/mol. The number of nitrogens with one attached hydrogen (secondary N) is 1. The summed E-state index contributed by atoms with van der Waals surface area (Å²) in [7, 11) is -3.58. The molecule has 0 radical (unpaired) electrons. The van der Waals surface area contributed by atoms with E-state index in [4.69, 9.17) is 11.6 Å². The van der Waals surface area contributed by atoms with E-state index in [9.17, 15) is 23.3 Å². The van der Waals surface area contributed by atoms with Crippen molar-refractivity contribution in [2.45, 2.75) is 4.90 Å². The van der Waals surface area contributed by atoms with Gasteiger partial charge in [-0.2, -0.15) is 16.1 Å². The van der Waals surface area contributed by atoms with Gasteiger partial charge in [-0.05, 0) is 36.4 Å². The number of carbonyl (C=O) groups is 1. The van der Waals surface area contributed by atoms with Crippen molar-refractivity contribution in [2.75, 3.05) is 29.9 Å². The third-order valence-electron chi connectivity index (χ3n) is 4.12. The van der Waals surface area contributed by atoms with Crippen molar-refractivity contribution < 1.29 is 18.1 Å². The average molecular weight is 442 g/mol. The normalized spacial score (nSPS) is 15.2. The van der Waals surface area contributed by atoms with Crippen LogP contribution >= 0.6 is 23.4 Å². The first kappa shape index (κ1) is 20.6. The maximum Gasteiger partial charge on any atom is 0.282 e. The van der Waals surface area contributed by atoms with Gasteiger partial charge in [0.05, 0.1) is 9.82 Å². The number of rotatable bonds is 5. The fourth-order valence-electron chi connectivity index (χ4n) is 2.69. The number of nitrogens with zero attached hydrogens (tertiary/aromatic N) is 2. The Bertz CT molecular complexity index is 1010. The van der Waals surface area contributed by atoms with Crippen LogP contribution in [-0.2, 0) is 10.0 Å². The molecule has 148 valence electrons. The minimum absolute atomic E-state index is 0.131. The molecule has 0 spiro atoms. The van der Waals surface area contributed by atoms with Crippen LogP contribution in [0.1, 0.15) is 10.4 Å². The number of benzene rings is 2. The van der Waals surface area contributed by atoms with E-state index in [-0.39, 0.29) is 21.2 Å². The highest BCUT2D eigenvalue weighted by molar-refractivity contribution is 7.99. The Kier molecular flexibility index (Phi) is 6.23. The van der Waals surface area contributed by atoms with Crippen molar-refractivity contribution in [2.24, 2.45) is 0 Å². The lowest BCUT2D eigenvalue weighted by Crippen LogP contribution is -2.37. The Morgan fingerprint density at radius 3 is 2.39 bits per heavy atom. The van der Waals surface area contributed by atoms with Crippen LogP contribution in [0, 0.1) is 10.1 Å². The molecule has 0 bridgehead atoms. The quantitative estimate of drug-likeness (QED) is 0.563. The summed E-state index contributed by atoms with van der Waals surface area (Å²) in [4.78, 5) is 23.0. The number of hydrogen-bond acceptors (Lipinski definition) is 6. The lowest BCUT2D eigenvalue weighted by molar-refractivity contribution is -0.385. The zero-order valence-corrected chi connectivity index (χ0v) is 16.9. The first-order valence-corrected chi connectivity index (χ1v) is 11.2. The molecule has 1 N–H and O–H groups in total. The first-order valence-electron chi connectivity index (χ1n) is 8.22. The Labute approximate surface area is 171 Å². The van der Waals surface area contributed by atoms with Crippen LogP contribution in [0.15, 0.2) is 47.4 Å². The van der Waals surface area contributed by atoms with E-state index in [2.05, 4.69) is 5.32 Å². The van der Waals surface area contributed by atoms with Gasteiger partial charge in [-0.3, -0.25) is 14.9 Å². The Balaban J connectivity index is 1.79. The first-order chi connectivity index (χ1) is 13.3. The van der Waals surface area contributed by atoms with Crippen LogP contribution < -0.4 is 5.32 Å². The summed E-state index contributed by atoms with van der Waals surface area (Å²) in [6, 6.07) is 9.39. The molecule has 0 saturated carbocycles. The van der Waals surface area contributed by atoms with Crippen molar-refractivity contribution in [3.05, 3.63) is 63.2 Å². The van der Waals surface area contributed by atoms with Crippen LogP contribution in [-0.4, -0.2) is 48.1 Å². The van der Waals surface area contributed by atoms with Gasteiger partial charge in [-0.25, -0.2) is 8.42 Å². The maximum atomic E-state index is 12.6. The van der Waals surface area contributed by atoms with Crippen molar-refractivity contribution in [1.29, 1.82) is 0 Å². The molecular formula is C17H16ClN3O5S2. The van der Waals surface area contributed by atoms with E-state index in [1.807, 2.05) is 0 Å². The van der Waals surface area contributed by atoms with Gasteiger partial charge in [0, 0.05) is 41.4 Å². The zero-order valence-electron chi connectivity index (χ0n) is 14.5. The van der Waals surface area contributed by atoms with Gasteiger partial charge in [-0.1, -0.05) is 11.6 Å². The molecule has 0 unspecified atom stereocenters. The smallest absolute Gasteiger partial charge is 0.282 e. The number of amides is 1. The van der Waals surface area contributed by atoms with E-state index >= 15 is 0 Å². The summed E-state index contributed by atoms with van der Waals surface area (Å²) in [5, 5.41) is 13.8. The molecule has 1 saturated heterocycles. The van der Waals surface area contributed by atoms with Gasteiger partial charge < -0.3 is 5.32 Å². The number of halogens is 1. The number of anilines is 1. The van der Waals surface area contributed by atoms with E-state index in [0.717, 1.165) is 17.6 Å². The third kappa shape index (κ3) is 4.46. The Morgan fingerprint density at radius 1 is 1.14 bits per heavy atom. The largest absolute Gasteiger partial charge is 0.322 e. The molecule has 1 aliphatic rings. The van der Waals surface area contributed by atoms with Gasteiger partial charge in [0.15, 0.2) is 0 Å². The summed E-state index contributed by atoms with van der Waals surface area (Å²) in [6.45, 7) is 0.924. The van der Waals surface area contributed by atoms with Crippen LogP contribution in [0.4, 0.5) is 11.4 Å². The Morgan fingerprint density at radius 2 is 1.79 bits per heavy atom. The van der Waals surface area contributed by atoms with Crippen LogP contribution in [0.5, 0.6) is 0 Å². The number of carbonyl (C=O) groups excluding carboxylic acids is 1. The second-order valence-electron chi connectivity index (χ2n) is 5.91. The molecule has 0 aliphatic carbocycles. The maximum absolute atomic E-state index is 12.6. The van der Waals surface area contributed by atoms with E-state index in [1.165, 1.54) is 40.7 Å². The number of nitro groups is 1. The summed E-state index contributed by atoms with van der Waals surface area (Å²) in [5.74, 6) is 0.801. The summed E-state index contributed by atoms with van der Waals surface area (Å²) >= 11 is 7.55. The predicted molar refractivity (Wildman–Crippen MR) is 109 cm³/mol. The average Bonchev–Trinajstić information content (AvgIpc) is 2.68. The molecule has 0 atom stereocenters. The molecule has 8 nitrogen and oxygen atoms in total. The highest BCUT2D eigenvalue weighted by atomic mass is 35.5. The van der Waals surface area contributed by atoms with E-state index in [1.54, 1.807) is 11.8 Å². The van der Waals surface area contributed by atoms with Crippen LogP contribution in [0.3, 0.4) is 0 Å². The molecule has 2 aromatic carbocycles. The minimum Gasteiger partial charge on any atom is -0.322 e. The van der Waals surface area contributed by atoms with Gasteiger partial charge in [-0.15, -0.1) is 0 Å². The molecule has 1 fully saturated rings. The van der Waals surface area contributed by atoms with E-state index in [0.29, 0.717) is 18.8 Å². The van der Waals surface area contributed by atoms with Crippen molar-refractivity contribution in [1.82, 2.24) is 4.31 Å². The molecule has 1 heterocycles. The van der Waals surface area contributed by atoms with Crippen molar-refractivity contribution in [3.63, 3.8) is 0 Å². The molecule has 28 heavy (non-hydrogen) atoms. The summed E-state index contributed by atoms with van der Waals surface area (Å²) in [5.41, 5.74) is -0.239. The fraction of sp³-hybridized carbons (Fsp3) is 0.235. The number of thioether (sulfide) groups is 1. The second-order valence-corrected chi connectivity index (χ2v) is 9.51. The molecule has 1 amide bonds. The predicted octanol–water partition coefficient (Wildman–Crippen LogP) is 3.24. The molecule has 0 aromatic heterocycles. The minimum atomic E-state index is -3.58. The summed E-state index contributed by atoms with van der Waals surface area (Å²) in [6.07, 6.45) is 0. The highest BCUT2D eigenvalue weighted by Crippen LogP contribution is 2.25. The fourth-order valence-corrected chi connectivity index (χ4v) is 5.44. The highest BCUT2D eigenvalue weighted by Gasteiger charge is 2.26. The van der Waals surface area contributed by atoms with Crippen molar-refractivity contribution in [3.8, 4) is 0 Å². The van der Waals surface area contributed by atoms with Crippen molar-refractivity contribution >= 4 is 50.7 Å². The van der Waals surface area contributed by atoms with E-state index < -0.39 is 20.9 Å². The SMILES string of the molecule is O=C(Nc1ccc(S(=O)(=O)N2CCSCC2)cc1)c1cc(Cl)ccc1[N+](=O)[O-]. The van der Waals surface area contributed by atoms with Crippen LogP contribution in [0.2, 0.25) is 5.02 Å². The monoisotopic (exact) mass is 441 g/mol. The third-order valence-corrected chi connectivity index (χ3v) is 7.21. The number of hydrogen-bond donors (Lipinski definition) is 1. The Hall–Kier alpha value is -2.14. The molecule has 1 aliphatic heterocycles. The number of nitro benzene ring substituents is 1.